The summed E-state index contributed by atoms with van der Waals surface area (Å²) in [7, 11) is 1.58. The van der Waals surface area contributed by atoms with Gasteiger partial charge in [-0.3, -0.25) is 14.5 Å². The third kappa shape index (κ3) is 6.01. The molecule has 2 N–H and O–H groups in total. The van der Waals surface area contributed by atoms with E-state index >= 15 is 0 Å². The number of carbonyl (C=O) groups excluding carboxylic acids is 2. The van der Waals surface area contributed by atoms with Crippen LogP contribution in [0.4, 0.5) is 10.1 Å². The Kier molecular flexibility index (Phi) is 7.92. The number of ether oxygens (including phenoxy) is 1. The van der Waals surface area contributed by atoms with Crippen LogP contribution in [0.5, 0.6) is 5.75 Å². The number of carbonyl (C=O) groups is 2. The number of methoxy groups -OCH3 is 1. The molecule has 2 heterocycles. The lowest BCUT2D eigenvalue weighted by Gasteiger charge is -2.31. The number of hydrogen-bond donors (Lipinski definition) is 2. The number of rotatable bonds is 8. The van der Waals surface area contributed by atoms with E-state index < -0.39 is 0 Å². The minimum atomic E-state index is -0.322. The second-order valence-corrected chi connectivity index (χ2v) is 9.29. The molecular weight excluding hydrogens is 453 g/mol. The summed E-state index contributed by atoms with van der Waals surface area (Å²) in [6, 6.07) is 17.1. The number of hydrogen-bond acceptors (Lipinski definition) is 5. The molecule has 2 amide bonds. The Morgan fingerprint density at radius 1 is 1.09 bits per heavy atom. The van der Waals surface area contributed by atoms with Crippen molar-refractivity contribution in [3.05, 3.63) is 82.3 Å². The molecule has 1 atom stereocenters. The van der Waals surface area contributed by atoms with Gasteiger partial charge >= 0.3 is 0 Å². The highest BCUT2D eigenvalue weighted by Gasteiger charge is 2.27. The summed E-state index contributed by atoms with van der Waals surface area (Å²) >= 11 is 1.55. The van der Waals surface area contributed by atoms with Gasteiger partial charge in [-0.25, -0.2) is 4.39 Å². The van der Waals surface area contributed by atoms with Crippen molar-refractivity contribution in [2.45, 2.75) is 18.9 Å². The minimum absolute atomic E-state index is 0.0253. The maximum Gasteiger partial charge on any atom is 0.234 e. The highest BCUT2D eigenvalue weighted by molar-refractivity contribution is 7.10. The second-order valence-electron chi connectivity index (χ2n) is 8.31. The first kappa shape index (κ1) is 23.9. The summed E-state index contributed by atoms with van der Waals surface area (Å²) in [5.41, 5.74) is 1.50. The second kappa shape index (κ2) is 11.3. The summed E-state index contributed by atoms with van der Waals surface area (Å²) < 4.78 is 18.7. The van der Waals surface area contributed by atoms with E-state index in [0.717, 1.165) is 10.4 Å². The Hall–Kier alpha value is -3.23. The molecule has 6 nitrogen and oxygen atoms in total. The fourth-order valence-corrected chi connectivity index (χ4v) is 4.98. The average molecular weight is 482 g/mol. The molecular formula is C26H28FN3O3S. The van der Waals surface area contributed by atoms with Crippen molar-refractivity contribution in [1.82, 2.24) is 10.2 Å². The molecule has 1 saturated heterocycles. The number of para-hydroxylation sites is 2. The molecule has 8 heteroatoms. The first-order valence-corrected chi connectivity index (χ1v) is 12.2. The number of piperidine rings is 1. The number of anilines is 1. The van der Waals surface area contributed by atoms with E-state index in [4.69, 9.17) is 4.74 Å². The van der Waals surface area contributed by atoms with Gasteiger partial charge in [0.05, 0.1) is 25.4 Å². The monoisotopic (exact) mass is 481 g/mol. The van der Waals surface area contributed by atoms with Crippen molar-refractivity contribution in [1.29, 1.82) is 0 Å². The maximum atomic E-state index is 13.4. The van der Waals surface area contributed by atoms with Gasteiger partial charge in [-0.1, -0.05) is 30.3 Å². The number of nitrogens with zero attached hydrogens (tertiary/aromatic N) is 1. The van der Waals surface area contributed by atoms with E-state index in [2.05, 4.69) is 15.5 Å². The first-order valence-electron chi connectivity index (χ1n) is 11.3. The third-order valence-corrected chi connectivity index (χ3v) is 6.96. The molecule has 1 unspecified atom stereocenters. The van der Waals surface area contributed by atoms with Crippen LogP contribution in [0.15, 0.2) is 66.0 Å². The van der Waals surface area contributed by atoms with Crippen LogP contribution < -0.4 is 15.4 Å². The summed E-state index contributed by atoms with van der Waals surface area (Å²) in [6.07, 6.45) is 1.36. The molecule has 3 aromatic rings. The standard InChI is InChI=1S/C26H28FN3O3S/c1-33-22-6-3-2-5-21(22)28-26(32)19-12-14-30(15-13-19)17-24(31)29-25(23-7-4-16-34-23)18-8-10-20(27)11-9-18/h2-11,16,19,25H,12-15,17H2,1H3,(H,28,32)(H,29,31). The molecule has 34 heavy (non-hydrogen) atoms. The fourth-order valence-electron chi connectivity index (χ4n) is 4.18. The zero-order chi connectivity index (χ0) is 23.9. The predicted octanol–water partition coefficient (Wildman–Crippen LogP) is 4.45. The lowest BCUT2D eigenvalue weighted by Crippen LogP contribution is -2.44. The van der Waals surface area contributed by atoms with E-state index in [1.165, 1.54) is 12.1 Å². The molecule has 0 bridgehead atoms. The van der Waals surface area contributed by atoms with Crippen LogP contribution in [0.3, 0.4) is 0 Å². The highest BCUT2D eigenvalue weighted by atomic mass is 32.1. The molecule has 1 aliphatic heterocycles. The van der Waals surface area contributed by atoms with Gasteiger partial charge in [-0.15, -0.1) is 11.3 Å². The van der Waals surface area contributed by atoms with Gasteiger partial charge in [0.2, 0.25) is 11.8 Å². The van der Waals surface area contributed by atoms with Crippen molar-refractivity contribution >= 4 is 28.8 Å². The smallest absolute Gasteiger partial charge is 0.234 e. The highest BCUT2D eigenvalue weighted by Crippen LogP contribution is 2.27. The normalized spacial score (nSPS) is 15.5. The molecule has 0 aliphatic carbocycles. The van der Waals surface area contributed by atoms with Crippen LogP contribution in [-0.4, -0.2) is 43.5 Å². The van der Waals surface area contributed by atoms with Gasteiger partial charge in [0.1, 0.15) is 11.6 Å². The predicted molar refractivity (Wildman–Crippen MR) is 131 cm³/mol. The number of likely N-dealkylation sites (tertiary alicyclic amines) is 1. The Labute approximate surface area is 202 Å². The van der Waals surface area contributed by atoms with Crippen LogP contribution >= 0.6 is 11.3 Å². The number of thiophene rings is 1. The zero-order valence-electron chi connectivity index (χ0n) is 19.0. The van der Waals surface area contributed by atoms with Crippen molar-refractivity contribution in [2.75, 3.05) is 32.1 Å². The molecule has 1 fully saturated rings. The van der Waals surface area contributed by atoms with E-state index in [1.807, 2.05) is 41.8 Å². The molecule has 2 aromatic carbocycles. The minimum Gasteiger partial charge on any atom is -0.495 e. The number of nitrogens with one attached hydrogen (secondary N) is 2. The van der Waals surface area contributed by atoms with Crippen molar-refractivity contribution < 1.29 is 18.7 Å². The fraction of sp³-hybridized carbons (Fsp3) is 0.308. The van der Waals surface area contributed by atoms with E-state index in [-0.39, 0.29) is 36.1 Å². The average Bonchev–Trinajstić information content (AvgIpc) is 3.39. The van der Waals surface area contributed by atoms with E-state index in [1.54, 1.807) is 30.6 Å². The summed E-state index contributed by atoms with van der Waals surface area (Å²) in [6.45, 7) is 1.58. The lowest BCUT2D eigenvalue weighted by molar-refractivity contribution is -0.123. The number of amides is 2. The van der Waals surface area contributed by atoms with Crippen molar-refractivity contribution in [3.8, 4) is 5.75 Å². The largest absolute Gasteiger partial charge is 0.495 e. The SMILES string of the molecule is COc1ccccc1NC(=O)C1CCN(CC(=O)NC(c2ccc(F)cc2)c2cccs2)CC1. The Morgan fingerprint density at radius 3 is 2.50 bits per heavy atom. The first-order chi connectivity index (χ1) is 16.5. The third-order valence-electron chi connectivity index (χ3n) is 6.03. The van der Waals surface area contributed by atoms with Crippen molar-refractivity contribution in [3.63, 3.8) is 0 Å². The molecule has 1 aliphatic rings. The molecule has 0 spiro atoms. The van der Waals surface area contributed by atoms with Gasteiger partial charge in [-0.2, -0.15) is 0 Å². The van der Waals surface area contributed by atoms with E-state index in [9.17, 15) is 14.0 Å². The van der Waals surface area contributed by atoms with Gasteiger partial charge in [-0.05, 0) is 67.2 Å². The van der Waals surface area contributed by atoms with Gasteiger partial charge in [0.25, 0.3) is 0 Å². The van der Waals surface area contributed by atoms with E-state index in [0.29, 0.717) is 37.4 Å². The van der Waals surface area contributed by atoms with Gasteiger partial charge < -0.3 is 15.4 Å². The summed E-state index contributed by atoms with van der Waals surface area (Å²) in [5.74, 6) is 0.0913. The number of halogens is 1. The van der Waals surface area contributed by atoms with Crippen LogP contribution in [0.1, 0.15) is 29.3 Å². The van der Waals surface area contributed by atoms with Gasteiger partial charge in [0, 0.05) is 10.8 Å². The van der Waals surface area contributed by atoms with Gasteiger partial charge in [0.15, 0.2) is 0 Å². The van der Waals surface area contributed by atoms with Crippen molar-refractivity contribution in [2.24, 2.45) is 5.92 Å². The molecule has 0 radical (unpaired) electrons. The summed E-state index contributed by atoms with van der Waals surface area (Å²) in [5, 5.41) is 8.02. The number of benzene rings is 2. The molecule has 1 aromatic heterocycles. The lowest BCUT2D eigenvalue weighted by atomic mass is 9.95. The van der Waals surface area contributed by atoms with Crippen LogP contribution in [0.2, 0.25) is 0 Å². The topological polar surface area (TPSA) is 70.7 Å². The maximum absolute atomic E-state index is 13.4. The zero-order valence-corrected chi connectivity index (χ0v) is 19.8. The summed E-state index contributed by atoms with van der Waals surface area (Å²) in [4.78, 5) is 28.7. The van der Waals surface area contributed by atoms with Crippen LogP contribution in [0, 0.1) is 11.7 Å². The van der Waals surface area contributed by atoms with Crippen LogP contribution in [-0.2, 0) is 9.59 Å². The molecule has 4 rings (SSSR count). The molecule has 0 saturated carbocycles. The Morgan fingerprint density at radius 2 is 1.82 bits per heavy atom. The molecule has 178 valence electrons. The Bertz CT molecular complexity index is 1100. The quantitative estimate of drug-likeness (QED) is 0.499. The van der Waals surface area contributed by atoms with Crippen LogP contribution in [0.25, 0.3) is 0 Å². The Balaban J connectivity index is 1.30.